The molecule has 23 heavy (non-hydrogen) atoms. The Morgan fingerprint density at radius 1 is 1.39 bits per heavy atom. The highest BCUT2D eigenvalue weighted by Crippen LogP contribution is 2.31. The molecule has 1 aromatic rings. The van der Waals surface area contributed by atoms with Crippen LogP contribution in [0.1, 0.15) is 37.6 Å². The number of rotatable bonds is 8. The zero-order valence-corrected chi connectivity index (χ0v) is 14.9. The number of benzene rings is 1. The highest BCUT2D eigenvalue weighted by atomic mass is 32.2. The predicted octanol–water partition coefficient (Wildman–Crippen LogP) is 3.15. The average Bonchev–Trinajstić information content (AvgIpc) is 2.52. The number of carbonyl (C=O) groups excluding carboxylic acids is 1. The number of nitrogens with zero attached hydrogens (tertiary/aromatic N) is 2. The third-order valence-electron chi connectivity index (χ3n) is 3.68. The van der Waals surface area contributed by atoms with E-state index in [0.29, 0.717) is 22.9 Å². The summed E-state index contributed by atoms with van der Waals surface area (Å²) in [6.45, 7) is 6.41. The fourth-order valence-corrected chi connectivity index (χ4v) is 3.14. The van der Waals surface area contributed by atoms with Crippen LogP contribution in [0, 0.1) is 16.0 Å². The molecular formula is C16H25N3O3S. The molecule has 0 radical (unpaired) electrons. The molecule has 0 saturated carbocycles. The molecule has 0 aliphatic heterocycles. The number of carbonyl (C=O) groups is 1. The maximum atomic E-state index is 12.4. The first-order valence-electron chi connectivity index (χ1n) is 7.66. The summed E-state index contributed by atoms with van der Waals surface area (Å²) >= 11 is 1.46. The molecule has 2 N–H and O–H groups in total. The molecule has 0 aromatic heterocycles. The van der Waals surface area contributed by atoms with Gasteiger partial charge in [-0.25, -0.2) is 0 Å². The summed E-state index contributed by atoms with van der Waals surface area (Å²) in [7, 11) is 1.65. The van der Waals surface area contributed by atoms with Crippen molar-refractivity contribution in [2.24, 2.45) is 11.7 Å². The summed E-state index contributed by atoms with van der Waals surface area (Å²) in [5.74, 6) is 1.11. The van der Waals surface area contributed by atoms with Crippen LogP contribution in [-0.2, 0) is 0 Å². The Bertz CT molecular complexity index is 564. The number of hydrogen-bond donors (Lipinski definition) is 1. The molecule has 1 rings (SSSR count). The molecule has 0 aliphatic rings. The van der Waals surface area contributed by atoms with Gasteiger partial charge in [-0.2, -0.15) is 0 Å². The van der Waals surface area contributed by atoms with Crippen molar-refractivity contribution in [1.29, 1.82) is 0 Å². The summed E-state index contributed by atoms with van der Waals surface area (Å²) in [6, 6.07) is 4.55. The molecule has 1 atom stereocenters. The highest BCUT2D eigenvalue weighted by Gasteiger charge is 2.21. The standard InChI is InChI=1S/C16H25N3O3S/c1-11(2)7-8-23-15-6-5-13(9-14(15)19(21)22)16(20)18(4)12(3)10-17/h5-6,9,11-12H,7-8,10,17H2,1-4H3. The summed E-state index contributed by atoms with van der Waals surface area (Å²) in [5.41, 5.74) is 5.86. The minimum absolute atomic E-state index is 0.0154. The molecule has 0 bridgehead atoms. The number of nitro groups is 1. The third kappa shape index (κ3) is 5.51. The molecular weight excluding hydrogens is 314 g/mol. The van der Waals surface area contributed by atoms with E-state index in [1.807, 2.05) is 6.92 Å². The van der Waals surface area contributed by atoms with Crippen LogP contribution in [0.15, 0.2) is 23.1 Å². The third-order valence-corrected chi connectivity index (χ3v) is 4.77. The second-order valence-corrected chi connectivity index (χ2v) is 7.11. The lowest BCUT2D eigenvalue weighted by molar-refractivity contribution is -0.387. The Hall–Kier alpha value is -1.60. The zero-order valence-electron chi connectivity index (χ0n) is 14.1. The van der Waals surface area contributed by atoms with Gasteiger partial charge in [0.15, 0.2) is 0 Å². The molecule has 7 heteroatoms. The summed E-state index contributed by atoms with van der Waals surface area (Å²) in [5, 5.41) is 11.3. The van der Waals surface area contributed by atoms with Crippen molar-refractivity contribution < 1.29 is 9.72 Å². The Labute approximate surface area is 141 Å². The van der Waals surface area contributed by atoms with Gasteiger partial charge in [-0.05, 0) is 37.1 Å². The van der Waals surface area contributed by atoms with Gasteiger partial charge in [0.05, 0.1) is 9.82 Å². The van der Waals surface area contributed by atoms with Crippen LogP contribution in [0.5, 0.6) is 0 Å². The molecule has 0 fully saturated rings. The predicted molar refractivity (Wildman–Crippen MR) is 93.9 cm³/mol. The highest BCUT2D eigenvalue weighted by molar-refractivity contribution is 7.99. The van der Waals surface area contributed by atoms with Crippen LogP contribution in [0.2, 0.25) is 0 Å². The summed E-state index contributed by atoms with van der Waals surface area (Å²) in [4.78, 5) is 25.3. The number of nitrogens with two attached hydrogens (primary N) is 1. The van der Waals surface area contributed by atoms with Crippen molar-refractivity contribution in [2.45, 2.75) is 38.1 Å². The van der Waals surface area contributed by atoms with Crippen LogP contribution in [0.3, 0.4) is 0 Å². The van der Waals surface area contributed by atoms with E-state index >= 15 is 0 Å². The van der Waals surface area contributed by atoms with E-state index < -0.39 is 4.92 Å². The van der Waals surface area contributed by atoms with Gasteiger partial charge in [-0.1, -0.05) is 13.8 Å². The van der Waals surface area contributed by atoms with Crippen LogP contribution in [-0.4, -0.2) is 41.1 Å². The largest absolute Gasteiger partial charge is 0.338 e. The SMILES string of the molecule is CC(C)CCSc1ccc(C(=O)N(C)C(C)CN)cc1[N+](=O)[O-]. The number of nitro benzene ring substituents is 1. The second kappa shape index (κ2) is 8.88. The van der Waals surface area contributed by atoms with Crippen LogP contribution < -0.4 is 5.73 Å². The van der Waals surface area contributed by atoms with E-state index in [0.717, 1.165) is 12.2 Å². The van der Waals surface area contributed by atoms with Gasteiger partial charge in [0.1, 0.15) is 0 Å². The van der Waals surface area contributed by atoms with Gasteiger partial charge in [-0.3, -0.25) is 14.9 Å². The van der Waals surface area contributed by atoms with Gasteiger partial charge >= 0.3 is 0 Å². The number of thioether (sulfide) groups is 1. The average molecular weight is 339 g/mol. The van der Waals surface area contributed by atoms with Crippen molar-refractivity contribution in [3.8, 4) is 0 Å². The molecule has 0 saturated heterocycles. The molecule has 1 aromatic carbocycles. The van der Waals surface area contributed by atoms with Gasteiger partial charge in [0, 0.05) is 31.3 Å². The number of hydrogen-bond acceptors (Lipinski definition) is 5. The minimum Gasteiger partial charge on any atom is -0.338 e. The molecule has 1 amide bonds. The van der Waals surface area contributed by atoms with Crippen LogP contribution >= 0.6 is 11.8 Å². The Balaban J connectivity index is 2.99. The normalized spacial score (nSPS) is 12.3. The molecule has 1 unspecified atom stereocenters. The molecule has 0 spiro atoms. The smallest absolute Gasteiger partial charge is 0.283 e. The quantitative estimate of drug-likeness (QED) is 0.446. The maximum absolute atomic E-state index is 12.4. The topological polar surface area (TPSA) is 89.5 Å². The molecule has 0 aliphatic carbocycles. The molecule has 0 heterocycles. The van der Waals surface area contributed by atoms with E-state index in [2.05, 4.69) is 13.8 Å². The fraction of sp³-hybridized carbons (Fsp3) is 0.562. The van der Waals surface area contributed by atoms with E-state index in [1.54, 1.807) is 19.2 Å². The van der Waals surface area contributed by atoms with E-state index in [9.17, 15) is 14.9 Å². The van der Waals surface area contributed by atoms with Crippen molar-refractivity contribution in [2.75, 3.05) is 19.3 Å². The van der Waals surface area contributed by atoms with E-state index in [1.165, 1.54) is 22.7 Å². The first kappa shape index (κ1) is 19.4. The Kier molecular flexibility index (Phi) is 7.51. The van der Waals surface area contributed by atoms with E-state index in [-0.39, 0.29) is 17.6 Å². The Morgan fingerprint density at radius 2 is 2.04 bits per heavy atom. The maximum Gasteiger partial charge on any atom is 0.283 e. The summed E-state index contributed by atoms with van der Waals surface area (Å²) in [6.07, 6.45) is 0.985. The van der Waals surface area contributed by atoms with Crippen LogP contribution in [0.4, 0.5) is 5.69 Å². The first-order chi connectivity index (χ1) is 10.8. The Morgan fingerprint density at radius 3 is 2.57 bits per heavy atom. The summed E-state index contributed by atoms with van der Waals surface area (Å²) < 4.78 is 0. The second-order valence-electron chi connectivity index (χ2n) is 5.97. The number of likely N-dealkylation sites (N-methyl/N-ethyl adjacent to an activating group) is 1. The molecule has 6 nitrogen and oxygen atoms in total. The van der Waals surface area contributed by atoms with Crippen molar-refractivity contribution in [1.82, 2.24) is 4.90 Å². The monoisotopic (exact) mass is 339 g/mol. The van der Waals surface area contributed by atoms with Crippen molar-refractivity contribution in [3.05, 3.63) is 33.9 Å². The van der Waals surface area contributed by atoms with Gasteiger partial charge in [-0.15, -0.1) is 11.8 Å². The lowest BCUT2D eigenvalue weighted by Gasteiger charge is -2.23. The van der Waals surface area contributed by atoms with Crippen molar-refractivity contribution in [3.63, 3.8) is 0 Å². The lowest BCUT2D eigenvalue weighted by atomic mass is 10.1. The van der Waals surface area contributed by atoms with Gasteiger partial charge < -0.3 is 10.6 Å². The van der Waals surface area contributed by atoms with Crippen molar-refractivity contribution >= 4 is 23.4 Å². The van der Waals surface area contributed by atoms with Gasteiger partial charge in [0.25, 0.3) is 11.6 Å². The molecule has 128 valence electrons. The van der Waals surface area contributed by atoms with E-state index in [4.69, 9.17) is 5.73 Å². The first-order valence-corrected chi connectivity index (χ1v) is 8.65. The van der Waals surface area contributed by atoms with Crippen LogP contribution in [0.25, 0.3) is 0 Å². The van der Waals surface area contributed by atoms with Gasteiger partial charge in [0.2, 0.25) is 0 Å². The minimum atomic E-state index is -0.430. The lowest BCUT2D eigenvalue weighted by Crippen LogP contribution is -2.39. The number of amides is 1. The fourth-order valence-electron chi connectivity index (χ4n) is 1.88. The zero-order chi connectivity index (χ0) is 17.6.